The number of aryl methyl sites for hydroxylation is 2. The Bertz CT molecular complexity index is 560. The molecule has 0 spiro atoms. The molecule has 2 heteroatoms. The first-order valence-corrected chi connectivity index (χ1v) is 7.19. The Hall–Kier alpha value is -1.80. The fourth-order valence-electron chi connectivity index (χ4n) is 2.39. The van der Waals surface area contributed by atoms with E-state index < -0.39 is 0 Å². The van der Waals surface area contributed by atoms with Gasteiger partial charge in [-0.25, -0.2) is 0 Å². The second-order valence-corrected chi connectivity index (χ2v) is 5.34. The summed E-state index contributed by atoms with van der Waals surface area (Å²) >= 11 is 0. The Labute approximate surface area is 121 Å². The van der Waals surface area contributed by atoms with E-state index in [-0.39, 0.29) is 0 Å². The van der Waals surface area contributed by atoms with Gasteiger partial charge in [-0.2, -0.15) is 0 Å². The highest BCUT2D eigenvalue weighted by atomic mass is 16.3. The molecule has 0 radical (unpaired) electrons. The molecule has 0 heterocycles. The van der Waals surface area contributed by atoms with Crippen LogP contribution in [0.1, 0.15) is 41.6 Å². The quantitative estimate of drug-likeness (QED) is 0.850. The lowest BCUT2D eigenvalue weighted by atomic mass is 10.0. The lowest BCUT2D eigenvalue weighted by Gasteiger charge is -2.18. The van der Waals surface area contributed by atoms with E-state index in [4.69, 9.17) is 0 Å². The third kappa shape index (κ3) is 3.40. The molecule has 0 aliphatic rings. The first kappa shape index (κ1) is 14.6. The van der Waals surface area contributed by atoms with E-state index in [0.717, 1.165) is 17.5 Å². The number of nitrogens with one attached hydrogen (secondary N) is 1. The summed E-state index contributed by atoms with van der Waals surface area (Å²) in [6.07, 6.45) is 1.02. The van der Waals surface area contributed by atoms with Gasteiger partial charge in [-0.05, 0) is 31.4 Å². The normalized spacial score (nSPS) is 12.3. The highest BCUT2D eigenvalue weighted by Crippen LogP contribution is 2.23. The monoisotopic (exact) mass is 269 g/mol. The Morgan fingerprint density at radius 1 is 1.05 bits per heavy atom. The zero-order valence-electron chi connectivity index (χ0n) is 12.5. The first-order chi connectivity index (χ1) is 9.61. The van der Waals surface area contributed by atoms with Crippen molar-refractivity contribution in [2.75, 3.05) is 0 Å². The molecule has 0 bridgehead atoms. The lowest BCUT2D eigenvalue weighted by molar-refractivity contribution is 0.451. The molecule has 0 fully saturated rings. The summed E-state index contributed by atoms with van der Waals surface area (Å²) in [6.45, 7) is 6.88. The van der Waals surface area contributed by atoms with Crippen molar-refractivity contribution in [1.82, 2.24) is 5.32 Å². The Balaban J connectivity index is 2.07. The van der Waals surface area contributed by atoms with Gasteiger partial charge in [0, 0.05) is 18.2 Å². The summed E-state index contributed by atoms with van der Waals surface area (Å²) in [4.78, 5) is 0. The molecule has 0 saturated heterocycles. The molecule has 20 heavy (non-hydrogen) atoms. The maximum atomic E-state index is 10.1. The van der Waals surface area contributed by atoms with Gasteiger partial charge in [-0.1, -0.05) is 55.0 Å². The summed E-state index contributed by atoms with van der Waals surface area (Å²) in [5.41, 5.74) is 4.45. The van der Waals surface area contributed by atoms with Crippen LogP contribution >= 0.6 is 0 Å². The first-order valence-electron chi connectivity index (χ1n) is 7.19. The molecule has 0 aromatic heterocycles. The predicted octanol–water partition coefficient (Wildman–Crippen LogP) is 4.25. The van der Waals surface area contributed by atoms with E-state index in [9.17, 15) is 5.11 Å². The Kier molecular flexibility index (Phi) is 4.80. The molecule has 2 aromatic rings. The third-order valence-electron chi connectivity index (χ3n) is 3.75. The fourth-order valence-corrected chi connectivity index (χ4v) is 2.39. The van der Waals surface area contributed by atoms with E-state index in [1.54, 1.807) is 0 Å². The zero-order chi connectivity index (χ0) is 14.5. The van der Waals surface area contributed by atoms with Gasteiger partial charge in [0.15, 0.2) is 0 Å². The molecule has 2 aromatic carbocycles. The van der Waals surface area contributed by atoms with Gasteiger partial charge in [0.05, 0.1) is 0 Å². The van der Waals surface area contributed by atoms with Crippen LogP contribution in [0.15, 0.2) is 42.5 Å². The molecular formula is C18H23NO. The maximum Gasteiger partial charge on any atom is 0.122 e. The van der Waals surface area contributed by atoms with Crippen LogP contribution < -0.4 is 5.32 Å². The van der Waals surface area contributed by atoms with Gasteiger partial charge in [-0.3, -0.25) is 0 Å². The largest absolute Gasteiger partial charge is 0.507 e. The van der Waals surface area contributed by atoms with Crippen LogP contribution in [0.25, 0.3) is 0 Å². The van der Waals surface area contributed by atoms with Crippen molar-refractivity contribution >= 4 is 0 Å². The van der Waals surface area contributed by atoms with Crippen molar-refractivity contribution in [2.24, 2.45) is 0 Å². The molecule has 1 unspecified atom stereocenters. The average molecular weight is 269 g/mol. The van der Waals surface area contributed by atoms with Crippen molar-refractivity contribution in [2.45, 2.75) is 39.8 Å². The zero-order valence-corrected chi connectivity index (χ0v) is 12.5. The summed E-state index contributed by atoms with van der Waals surface area (Å²) < 4.78 is 0. The fraction of sp³-hybridized carbons (Fsp3) is 0.333. The van der Waals surface area contributed by atoms with Gasteiger partial charge in [0.2, 0.25) is 0 Å². The average Bonchev–Trinajstić information content (AvgIpc) is 2.45. The van der Waals surface area contributed by atoms with Gasteiger partial charge >= 0.3 is 0 Å². The Morgan fingerprint density at radius 3 is 2.40 bits per heavy atom. The number of hydrogen-bond acceptors (Lipinski definition) is 2. The SMILES string of the molecule is CCC(NCc1cccc(C)c1O)c1ccc(C)cc1. The Morgan fingerprint density at radius 2 is 1.75 bits per heavy atom. The minimum Gasteiger partial charge on any atom is -0.507 e. The van der Waals surface area contributed by atoms with E-state index in [1.807, 2.05) is 25.1 Å². The predicted molar refractivity (Wildman–Crippen MR) is 83.9 cm³/mol. The van der Waals surface area contributed by atoms with Crippen LogP contribution in [-0.4, -0.2) is 5.11 Å². The second-order valence-electron chi connectivity index (χ2n) is 5.34. The van der Waals surface area contributed by atoms with E-state index in [0.29, 0.717) is 18.3 Å². The van der Waals surface area contributed by atoms with Crippen LogP contribution in [0.4, 0.5) is 0 Å². The van der Waals surface area contributed by atoms with Crippen molar-refractivity contribution in [1.29, 1.82) is 0 Å². The number of hydrogen-bond donors (Lipinski definition) is 2. The van der Waals surface area contributed by atoms with Crippen LogP contribution in [0.2, 0.25) is 0 Å². The number of phenolic OH excluding ortho intramolecular Hbond substituents is 1. The molecule has 0 aliphatic heterocycles. The van der Waals surface area contributed by atoms with Crippen molar-refractivity contribution in [3.8, 4) is 5.75 Å². The van der Waals surface area contributed by atoms with Crippen LogP contribution in [0.5, 0.6) is 5.75 Å². The molecule has 2 N–H and O–H groups in total. The number of rotatable bonds is 5. The molecule has 0 amide bonds. The van der Waals surface area contributed by atoms with Crippen LogP contribution in [-0.2, 0) is 6.54 Å². The topological polar surface area (TPSA) is 32.3 Å². The standard InChI is InChI=1S/C18H23NO/c1-4-17(15-10-8-13(2)9-11-15)19-12-16-7-5-6-14(3)18(16)20/h5-11,17,19-20H,4,12H2,1-3H3. The van der Waals surface area contributed by atoms with Crippen LogP contribution in [0, 0.1) is 13.8 Å². The van der Waals surface area contributed by atoms with E-state index >= 15 is 0 Å². The molecule has 106 valence electrons. The third-order valence-corrected chi connectivity index (χ3v) is 3.75. The minimum absolute atomic E-state index is 0.315. The molecular weight excluding hydrogens is 246 g/mol. The summed E-state index contributed by atoms with van der Waals surface area (Å²) in [6, 6.07) is 14.8. The summed E-state index contributed by atoms with van der Waals surface area (Å²) in [5, 5.41) is 13.6. The highest BCUT2D eigenvalue weighted by molar-refractivity contribution is 5.39. The van der Waals surface area contributed by atoms with Gasteiger partial charge in [0.1, 0.15) is 5.75 Å². The summed E-state index contributed by atoms with van der Waals surface area (Å²) in [5.74, 6) is 0.402. The molecule has 2 nitrogen and oxygen atoms in total. The maximum absolute atomic E-state index is 10.1. The molecule has 0 saturated carbocycles. The second kappa shape index (κ2) is 6.58. The minimum atomic E-state index is 0.315. The van der Waals surface area contributed by atoms with Crippen LogP contribution in [0.3, 0.4) is 0 Å². The number of para-hydroxylation sites is 1. The van der Waals surface area contributed by atoms with Crippen molar-refractivity contribution < 1.29 is 5.11 Å². The lowest BCUT2D eigenvalue weighted by Crippen LogP contribution is -2.20. The van der Waals surface area contributed by atoms with Crippen molar-refractivity contribution in [3.05, 3.63) is 64.7 Å². The number of benzene rings is 2. The highest BCUT2D eigenvalue weighted by Gasteiger charge is 2.10. The van der Waals surface area contributed by atoms with E-state index in [2.05, 4.69) is 43.4 Å². The van der Waals surface area contributed by atoms with Gasteiger partial charge < -0.3 is 10.4 Å². The summed E-state index contributed by atoms with van der Waals surface area (Å²) in [7, 11) is 0. The molecule has 2 rings (SSSR count). The smallest absolute Gasteiger partial charge is 0.122 e. The van der Waals surface area contributed by atoms with E-state index in [1.165, 1.54) is 11.1 Å². The molecule has 0 aliphatic carbocycles. The molecule has 1 atom stereocenters. The number of phenols is 1. The van der Waals surface area contributed by atoms with Gasteiger partial charge in [0.25, 0.3) is 0 Å². The van der Waals surface area contributed by atoms with Crippen molar-refractivity contribution in [3.63, 3.8) is 0 Å². The number of aromatic hydroxyl groups is 1. The van der Waals surface area contributed by atoms with Gasteiger partial charge in [-0.15, -0.1) is 0 Å².